The van der Waals surface area contributed by atoms with E-state index in [2.05, 4.69) is 18.2 Å². The lowest BCUT2D eigenvalue weighted by molar-refractivity contribution is -0.583. The number of para-hydroxylation sites is 2. The summed E-state index contributed by atoms with van der Waals surface area (Å²) in [5.74, 6) is 6.07. The summed E-state index contributed by atoms with van der Waals surface area (Å²) in [6, 6.07) is 18.4. The first-order valence-electron chi connectivity index (χ1n) is 4.94. The van der Waals surface area contributed by atoms with Crippen molar-refractivity contribution in [1.82, 2.24) is 0 Å². The third-order valence-corrected chi connectivity index (χ3v) is 2.70. The summed E-state index contributed by atoms with van der Waals surface area (Å²) < 4.78 is 1.74. The molecule has 2 aromatic carbocycles. The second-order valence-electron chi connectivity index (χ2n) is 3.63. The van der Waals surface area contributed by atoms with E-state index in [9.17, 15) is 0 Å². The van der Waals surface area contributed by atoms with Gasteiger partial charge in [-0.05, 0) is 18.2 Å². The first-order valence-corrected chi connectivity index (χ1v) is 4.94. The number of fused-ring (bicyclic) bond motifs is 2. The van der Waals surface area contributed by atoms with Gasteiger partial charge in [0.25, 0.3) is 0 Å². The van der Waals surface area contributed by atoms with E-state index in [0.29, 0.717) is 0 Å². The van der Waals surface area contributed by atoms with Gasteiger partial charge in [0.1, 0.15) is 0 Å². The van der Waals surface area contributed by atoms with Crippen LogP contribution in [0.25, 0.3) is 21.8 Å². The lowest BCUT2D eigenvalue weighted by Gasteiger charge is -1.99. The fraction of sp³-hybridized carbons (Fsp3) is 0. The monoisotopic (exact) mass is 195 g/mol. The Bertz CT molecular complexity index is 590. The highest BCUT2D eigenvalue weighted by atomic mass is 15.3. The highest BCUT2D eigenvalue weighted by Gasteiger charge is 2.10. The Morgan fingerprint density at radius 2 is 1.20 bits per heavy atom. The molecule has 0 spiro atoms. The van der Waals surface area contributed by atoms with Crippen LogP contribution in [0.4, 0.5) is 0 Å². The van der Waals surface area contributed by atoms with Crippen LogP contribution >= 0.6 is 0 Å². The SMILES string of the molecule is N[n+]1c2ccccc2cc2ccccc21. The van der Waals surface area contributed by atoms with Crippen LogP contribution in [0.1, 0.15) is 0 Å². The average Bonchev–Trinajstić information content (AvgIpc) is 2.30. The number of benzene rings is 2. The molecule has 1 aromatic heterocycles. The summed E-state index contributed by atoms with van der Waals surface area (Å²) >= 11 is 0. The van der Waals surface area contributed by atoms with Crippen LogP contribution in [0.2, 0.25) is 0 Å². The Balaban J connectivity index is 2.60. The summed E-state index contributed by atoms with van der Waals surface area (Å²) in [6.45, 7) is 0. The van der Waals surface area contributed by atoms with E-state index in [1.807, 2.05) is 36.4 Å². The molecule has 0 fully saturated rings. The first kappa shape index (κ1) is 8.24. The van der Waals surface area contributed by atoms with E-state index in [1.54, 1.807) is 4.68 Å². The van der Waals surface area contributed by atoms with Crippen molar-refractivity contribution in [3.8, 4) is 0 Å². The second-order valence-corrected chi connectivity index (χ2v) is 3.63. The van der Waals surface area contributed by atoms with Gasteiger partial charge in [-0.1, -0.05) is 28.9 Å². The van der Waals surface area contributed by atoms with E-state index in [1.165, 1.54) is 10.8 Å². The molecule has 72 valence electrons. The zero-order valence-electron chi connectivity index (χ0n) is 8.22. The Hall–Kier alpha value is -2.09. The van der Waals surface area contributed by atoms with Crippen LogP contribution in [-0.2, 0) is 0 Å². The number of pyridine rings is 1. The van der Waals surface area contributed by atoms with Gasteiger partial charge in [-0.25, -0.2) is 5.84 Å². The maximum atomic E-state index is 6.07. The van der Waals surface area contributed by atoms with Gasteiger partial charge in [-0.2, -0.15) is 0 Å². The lowest BCUT2D eigenvalue weighted by Crippen LogP contribution is -2.45. The van der Waals surface area contributed by atoms with E-state index in [0.717, 1.165) is 11.0 Å². The molecule has 3 rings (SSSR count). The van der Waals surface area contributed by atoms with Gasteiger partial charge in [0.15, 0.2) is 0 Å². The first-order chi connectivity index (χ1) is 7.36. The molecular weight excluding hydrogens is 184 g/mol. The van der Waals surface area contributed by atoms with Crippen molar-refractivity contribution in [2.24, 2.45) is 0 Å². The molecular formula is C13H11N2+. The molecule has 0 atom stereocenters. The topological polar surface area (TPSA) is 29.9 Å². The number of hydrogen-bond donors (Lipinski definition) is 1. The number of rotatable bonds is 0. The highest BCUT2D eigenvalue weighted by Crippen LogP contribution is 2.16. The number of nitrogens with two attached hydrogens (primary N) is 1. The quantitative estimate of drug-likeness (QED) is 0.332. The van der Waals surface area contributed by atoms with Crippen LogP contribution in [0.5, 0.6) is 0 Å². The normalized spacial score (nSPS) is 10.9. The van der Waals surface area contributed by atoms with Crippen LogP contribution in [0.15, 0.2) is 54.6 Å². The minimum absolute atomic E-state index is 1.05. The molecule has 2 N–H and O–H groups in total. The fourth-order valence-electron chi connectivity index (χ4n) is 1.96. The predicted molar refractivity (Wildman–Crippen MR) is 61.8 cm³/mol. The molecule has 0 unspecified atom stereocenters. The minimum Gasteiger partial charge on any atom is -0.204 e. The standard InChI is InChI=1S/C13H11N2/c14-15-12-7-3-1-5-10(12)9-11-6-2-4-8-13(11)15/h1-9H,14H2/q+1. The number of nitrogen functional groups attached to an aromatic ring is 1. The maximum absolute atomic E-state index is 6.07. The van der Waals surface area contributed by atoms with Crippen LogP contribution < -0.4 is 10.5 Å². The maximum Gasteiger partial charge on any atom is 0.242 e. The van der Waals surface area contributed by atoms with Crippen LogP contribution in [0, 0.1) is 0 Å². The second kappa shape index (κ2) is 2.95. The summed E-state index contributed by atoms with van der Waals surface area (Å²) in [4.78, 5) is 0. The van der Waals surface area contributed by atoms with Gasteiger partial charge in [0.2, 0.25) is 11.0 Å². The highest BCUT2D eigenvalue weighted by molar-refractivity contribution is 5.88. The van der Waals surface area contributed by atoms with Gasteiger partial charge >= 0.3 is 0 Å². The molecule has 0 aliphatic heterocycles. The van der Waals surface area contributed by atoms with Crippen molar-refractivity contribution in [2.45, 2.75) is 0 Å². The molecule has 0 radical (unpaired) electrons. The van der Waals surface area contributed by atoms with Gasteiger partial charge in [0.05, 0.1) is 0 Å². The third kappa shape index (κ3) is 1.15. The summed E-state index contributed by atoms with van der Waals surface area (Å²) in [5.41, 5.74) is 2.10. The van der Waals surface area contributed by atoms with Gasteiger partial charge in [-0.3, -0.25) is 0 Å². The molecule has 0 saturated carbocycles. The molecule has 0 aliphatic carbocycles. The van der Waals surface area contributed by atoms with Gasteiger partial charge in [-0.15, -0.1) is 0 Å². The molecule has 2 nitrogen and oxygen atoms in total. The lowest BCUT2D eigenvalue weighted by atomic mass is 10.1. The zero-order chi connectivity index (χ0) is 10.3. The van der Waals surface area contributed by atoms with Crippen LogP contribution in [-0.4, -0.2) is 0 Å². The molecule has 15 heavy (non-hydrogen) atoms. The van der Waals surface area contributed by atoms with Crippen molar-refractivity contribution in [2.75, 3.05) is 5.84 Å². The average molecular weight is 195 g/mol. The Labute approximate surface area is 87.5 Å². The number of hydrogen-bond acceptors (Lipinski definition) is 1. The Morgan fingerprint density at radius 3 is 1.73 bits per heavy atom. The number of nitrogens with zero attached hydrogens (tertiary/aromatic N) is 1. The van der Waals surface area contributed by atoms with E-state index >= 15 is 0 Å². The molecule has 0 saturated heterocycles. The summed E-state index contributed by atoms with van der Waals surface area (Å²) in [5, 5.41) is 2.33. The summed E-state index contributed by atoms with van der Waals surface area (Å²) in [7, 11) is 0. The zero-order valence-corrected chi connectivity index (χ0v) is 8.22. The van der Waals surface area contributed by atoms with E-state index < -0.39 is 0 Å². The Morgan fingerprint density at radius 1 is 0.733 bits per heavy atom. The molecule has 0 bridgehead atoms. The third-order valence-electron chi connectivity index (χ3n) is 2.70. The molecule has 1 heterocycles. The van der Waals surface area contributed by atoms with Gasteiger partial charge < -0.3 is 0 Å². The van der Waals surface area contributed by atoms with Crippen molar-refractivity contribution >= 4 is 21.8 Å². The van der Waals surface area contributed by atoms with Crippen molar-refractivity contribution < 1.29 is 4.68 Å². The largest absolute Gasteiger partial charge is 0.242 e. The fourth-order valence-corrected chi connectivity index (χ4v) is 1.96. The predicted octanol–water partition coefficient (Wildman–Crippen LogP) is 1.99. The van der Waals surface area contributed by atoms with Gasteiger partial charge in [0, 0.05) is 22.9 Å². The van der Waals surface area contributed by atoms with E-state index in [4.69, 9.17) is 5.84 Å². The van der Waals surface area contributed by atoms with Crippen molar-refractivity contribution in [1.29, 1.82) is 0 Å². The Kier molecular flexibility index (Phi) is 1.62. The minimum atomic E-state index is 1.05. The number of aromatic nitrogens is 1. The smallest absolute Gasteiger partial charge is 0.204 e. The van der Waals surface area contributed by atoms with Crippen LogP contribution in [0.3, 0.4) is 0 Å². The van der Waals surface area contributed by atoms with Crippen molar-refractivity contribution in [3.05, 3.63) is 54.6 Å². The van der Waals surface area contributed by atoms with Crippen molar-refractivity contribution in [3.63, 3.8) is 0 Å². The molecule has 3 aromatic rings. The van der Waals surface area contributed by atoms with E-state index in [-0.39, 0.29) is 0 Å². The molecule has 0 aliphatic rings. The molecule has 2 heteroatoms. The molecule has 0 amide bonds. The summed E-state index contributed by atoms with van der Waals surface area (Å²) in [6.07, 6.45) is 0.